The van der Waals surface area contributed by atoms with E-state index in [0.29, 0.717) is 29.2 Å². The lowest BCUT2D eigenvalue weighted by Gasteiger charge is -2.32. The molecule has 37 heavy (non-hydrogen) atoms. The Morgan fingerprint density at radius 3 is 2.41 bits per heavy atom. The Balaban J connectivity index is 0.00000320. The average Bonchev–Trinajstić information content (AvgIpc) is 2.88. The molecule has 0 unspecified atom stereocenters. The number of rotatable bonds is 6. The summed E-state index contributed by atoms with van der Waals surface area (Å²) < 4.78 is 53.7. The molecule has 4 nitrogen and oxygen atoms in total. The van der Waals surface area contributed by atoms with Crippen LogP contribution in [0.15, 0.2) is 72.9 Å². The Morgan fingerprint density at radius 2 is 1.70 bits per heavy atom. The number of halogens is 5. The van der Waals surface area contributed by atoms with Crippen LogP contribution in [0.4, 0.5) is 23.4 Å². The van der Waals surface area contributed by atoms with Gasteiger partial charge in [0.15, 0.2) is 0 Å². The Bertz CT molecular complexity index is 1340. The molecule has 0 spiro atoms. The van der Waals surface area contributed by atoms with E-state index in [1.54, 1.807) is 18.3 Å². The molecular formula is C28H27ClF4N4. The first kappa shape index (κ1) is 26.8. The molecule has 1 saturated heterocycles. The molecule has 0 bridgehead atoms. The number of benzene rings is 2. The summed E-state index contributed by atoms with van der Waals surface area (Å²) >= 11 is 0. The van der Waals surface area contributed by atoms with Crippen LogP contribution < -0.4 is 5.32 Å². The topological polar surface area (TPSA) is 41.0 Å². The van der Waals surface area contributed by atoms with Gasteiger partial charge in [0.1, 0.15) is 17.3 Å². The fourth-order valence-electron chi connectivity index (χ4n) is 4.73. The van der Waals surface area contributed by atoms with Crippen LogP contribution in [-0.4, -0.2) is 34.5 Å². The van der Waals surface area contributed by atoms with Gasteiger partial charge in [-0.1, -0.05) is 42.5 Å². The third kappa shape index (κ3) is 6.37. The molecule has 3 heterocycles. The van der Waals surface area contributed by atoms with Crippen molar-refractivity contribution in [3.05, 3.63) is 90.0 Å². The van der Waals surface area contributed by atoms with Gasteiger partial charge in [-0.05, 0) is 67.2 Å². The summed E-state index contributed by atoms with van der Waals surface area (Å²) in [7, 11) is 0. The van der Waals surface area contributed by atoms with Gasteiger partial charge in [-0.25, -0.2) is 14.4 Å². The van der Waals surface area contributed by atoms with E-state index in [2.05, 4.69) is 20.2 Å². The van der Waals surface area contributed by atoms with E-state index in [1.165, 1.54) is 12.1 Å². The minimum atomic E-state index is -4.53. The summed E-state index contributed by atoms with van der Waals surface area (Å²) in [5, 5.41) is 3.93. The Kier molecular flexibility index (Phi) is 8.29. The van der Waals surface area contributed by atoms with Gasteiger partial charge in [0.05, 0.1) is 5.52 Å². The van der Waals surface area contributed by atoms with E-state index < -0.39 is 11.9 Å². The van der Waals surface area contributed by atoms with Gasteiger partial charge in [0.25, 0.3) is 0 Å². The number of hydrogen-bond donors (Lipinski definition) is 1. The fraction of sp³-hybridized carbons (Fsp3) is 0.286. The summed E-state index contributed by atoms with van der Waals surface area (Å²) in [4.78, 5) is 10.9. The van der Waals surface area contributed by atoms with Gasteiger partial charge in [0.2, 0.25) is 0 Å². The van der Waals surface area contributed by atoms with Crippen LogP contribution in [0.25, 0.3) is 22.0 Å². The molecule has 4 aromatic rings. The number of hydrogen-bond acceptors (Lipinski definition) is 4. The number of aromatic nitrogens is 2. The van der Waals surface area contributed by atoms with Crippen LogP contribution in [-0.2, 0) is 12.7 Å². The SMILES string of the molecule is Cl.Fc1cccc(CN2CCC(CNc3ncc(-c4ccccc4)c4nc(C(F)(F)F)ccc34)CC2)c1. The van der Waals surface area contributed by atoms with Gasteiger partial charge >= 0.3 is 6.18 Å². The van der Waals surface area contributed by atoms with Crippen molar-refractivity contribution < 1.29 is 17.6 Å². The van der Waals surface area contributed by atoms with Crippen LogP contribution >= 0.6 is 12.4 Å². The lowest BCUT2D eigenvalue weighted by molar-refractivity contribution is -0.140. The quantitative estimate of drug-likeness (QED) is 0.268. The van der Waals surface area contributed by atoms with Crippen LogP contribution in [0.1, 0.15) is 24.1 Å². The zero-order chi connectivity index (χ0) is 25.1. The highest BCUT2D eigenvalue weighted by Gasteiger charge is 2.33. The van der Waals surface area contributed by atoms with Crippen molar-refractivity contribution in [3.8, 4) is 11.1 Å². The molecule has 2 aromatic carbocycles. The fourth-order valence-corrected chi connectivity index (χ4v) is 4.73. The maximum absolute atomic E-state index is 13.5. The van der Waals surface area contributed by atoms with E-state index >= 15 is 0 Å². The number of fused-ring (bicyclic) bond motifs is 1. The van der Waals surface area contributed by atoms with Crippen molar-refractivity contribution >= 4 is 29.1 Å². The van der Waals surface area contributed by atoms with E-state index in [1.807, 2.05) is 36.4 Å². The number of piperidine rings is 1. The van der Waals surface area contributed by atoms with Crippen molar-refractivity contribution in [2.75, 3.05) is 25.0 Å². The highest BCUT2D eigenvalue weighted by molar-refractivity contribution is 5.99. The van der Waals surface area contributed by atoms with Crippen molar-refractivity contribution in [2.45, 2.75) is 25.6 Å². The predicted octanol–water partition coefficient (Wildman–Crippen LogP) is 7.20. The van der Waals surface area contributed by atoms with Gasteiger partial charge in [-0.2, -0.15) is 13.2 Å². The van der Waals surface area contributed by atoms with Crippen LogP contribution in [0, 0.1) is 11.7 Å². The first-order valence-corrected chi connectivity index (χ1v) is 12.0. The zero-order valence-electron chi connectivity index (χ0n) is 20.0. The number of anilines is 1. The first-order valence-electron chi connectivity index (χ1n) is 12.0. The number of alkyl halides is 3. The van der Waals surface area contributed by atoms with Gasteiger partial charge in [-0.3, -0.25) is 4.90 Å². The molecular weight excluding hydrogens is 504 g/mol. The van der Waals surface area contributed by atoms with Gasteiger partial charge in [0, 0.05) is 30.2 Å². The highest BCUT2D eigenvalue weighted by Crippen LogP contribution is 2.35. The third-order valence-electron chi connectivity index (χ3n) is 6.66. The van der Waals surface area contributed by atoms with Crippen molar-refractivity contribution in [1.82, 2.24) is 14.9 Å². The maximum Gasteiger partial charge on any atom is 0.433 e. The highest BCUT2D eigenvalue weighted by atomic mass is 35.5. The summed E-state index contributed by atoms with van der Waals surface area (Å²) in [5.74, 6) is 0.719. The number of likely N-dealkylation sites (tertiary alicyclic amines) is 1. The summed E-state index contributed by atoms with van der Waals surface area (Å²) in [6, 6.07) is 18.3. The molecule has 194 valence electrons. The Morgan fingerprint density at radius 1 is 0.946 bits per heavy atom. The molecule has 9 heteroatoms. The lowest BCUT2D eigenvalue weighted by atomic mass is 9.96. The lowest BCUT2D eigenvalue weighted by Crippen LogP contribution is -2.35. The molecule has 0 atom stereocenters. The molecule has 1 aliphatic rings. The number of pyridine rings is 2. The predicted molar refractivity (Wildman–Crippen MR) is 140 cm³/mol. The standard InChI is InChI=1S/C28H26F4N4.ClH/c29-22-8-4-5-20(15-22)18-36-13-11-19(12-14-36)16-33-27-23-9-10-25(28(30,31)32)35-26(23)24(17-34-27)21-6-2-1-3-7-21;/h1-10,15,17,19H,11-14,16,18H2,(H,33,34);1H. The van der Waals surface area contributed by atoms with Crippen molar-refractivity contribution in [3.63, 3.8) is 0 Å². The second-order valence-electron chi connectivity index (χ2n) is 9.21. The van der Waals surface area contributed by atoms with Crippen LogP contribution in [0.5, 0.6) is 0 Å². The van der Waals surface area contributed by atoms with E-state index in [4.69, 9.17) is 0 Å². The number of nitrogens with zero attached hydrogens (tertiary/aromatic N) is 3. The molecule has 0 amide bonds. The molecule has 0 aliphatic carbocycles. The van der Waals surface area contributed by atoms with Crippen molar-refractivity contribution in [1.29, 1.82) is 0 Å². The number of nitrogens with one attached hydrogen (secondary N) is 1. The normalized spacial score (nSPS) is 14.9. The molecule has 5 rings (SSSR count). The largest absolute Gasteiger partial charge is 0.433 e. The van der Waals surface area contributed by atoms with Gasteiger partial charge < -0.3 is 5.32 Å². The molecule has 0 radical (unpaired) electrons. The summed E-state index contributed by atoms with van der Waals surface area (Å²) in [6.07, 6.45) is -0.995. The van der Waals surface area contributed by atoms with E-state index in [9.17, 15) is 17.6 Å². The molecule has 1 fully saturated rings. The summed E-state index contributed by atoms with van der Waals surface area (Å²) in [6.45, 7) is 3.20. The summed E-state index contributed by atoms with van der Waals surface area (Å²) in [5.41, 5.74) is 1.65. The third-order valence-corrected chi connectivity index (χ3v) is 6.66. The monoisotopic (exact) mass is 530 g/mol. The first-order chi connectivity index (χ1) is 17.4. The zero-order valence-corrected chi connectivity index (χ0v) is 20.8. The van der Waals surface area contributed by atoms with Crippen LogP contribution in [0.2, 0.25) is 0 Å². The van der Waals surface area contributed by atoms with Gasteiger partial charge in [-0.15, -0.1) is 12.4 Å². The smallest absolute Gasteiger partial charge is 0.369 e. The molecule has 0 saturated carbocycles. The minimum absolute atomic E-state index is 0. The Labute approximate surface area is 219 Å². The average molecular weight is 531 g/mol. The Hall–Kier alpha value is -3.23. The van der Waals surface area contributed by atoms with Crippen LogP contribution in [0.3, 0.4) is 0 Å². The minimum Gasteiger partial charge on any atom is -0.369 e. The molecule has 1 aliphatic heterocycles. The maximum atomic E-state index is 13.5. The second kappa shape index (κ2) is 11.4. The van der Waals surface area contributed by atoms with E-state index in [0.717, 1.165) is 49.7 Å². The molecule has 1 N–H and O–H groups in total. The van der Waals surface area contributed by atoms with E-state index in [-0.39, 0.29) is 23.7 Å². The van der Waals surface area contributed by atoms with Crippen molar-refractivity contribution in [2.24, 2.45) is 5.92 Å². The molecule has 2 aromatic heterocycles. The second-order valence-corrected chi connectivity index (χ2v) is 9.21.